The molecule has 0 fully saturated rings. The van der Waals surface area contributed by atoms with Gasteiger partial charge in [0.05, 0.1) is 45.9 Å². The number of hydrogen-bond acceptors (Lipinski definition) is 7. The van der Waals surface area contributed by atoms with Crippen LogP contribution < -0.4 is 20.5 Å². The summed E-state index contributed by atoms with van der Waals surface area (Å²) in [5.41, 5.74) is 6.45. The molecule has 1 amide bonds. The summed E-state index contributed by atoms with van der Waals surface area (Å²) in [7, 11) is 4.33. The van der Waals surface area contributed by atoms with Crippen LogP contribution in [0.15, 0.2) is 34.9 Å². The highest BCUT2D eigenvalue weighted by molar-refractivity contribution is 5.94. The molecule has 0 radical (unpaired) electrons. The molecule has 1 aromatic heterocycles. The molecule has 0 spiro atoms. The lowest BCUT2D eigenvalue weighted by atomic mass is 10.0. The fraction of sp³-hybridized carbons (Fsp3) is 0.333. The third kappa shape index (κ3) is 4.76. The van der Waals surface area contributed by atoms with E-state index < -0.39 is 17.9 Å². The molecular weight excluding hydrogens is 340 g/mol. The first-order chi connectivity index (χ1) is 12.5. The van der Waals surface area contributed by atoms with Crippen molar-refractivity contribution in [3.8, 4) is 11.5 Å². The van der Waals surface area contributed by atoms with Crippen LogP contribution in [0.3, 0.4) is 0 Å². The number of furan rings is 1. The zero-order chi connectivity index (χ0) is 19.1. The van der Waals surface area contributed by atoms with Crippen molar-refractivity contribution in [2.24, 2.45) is 5.73 Å². The molecule has 1 atom stereocenters. The molecule has 0 aliphatic heterocycles. The number of nitrogens with two attached hydrogens (primary N) is 1. The van der Waals surface area contributed by atoms with Gasteiger partial charge in [0, 0.05) is 6.07 Å². The number of hydrogen-bond donors (Lipinski definition) is 2. The van der Waals surface area contributed by atoms with Gasteiger partial charge in [-0.1, -0.05) is 0 Å². The number of amides is 1. The van der Waals surface area contributed by atoms with Gasteiger partial charge in [-0.2, -0.15) is 0 Å². The highest BCUT2D eigenvalue weighted by atomic mass is 16.5. The van der Waals surface area contributed by atoms with Gasteiger partial charge < -0.3 is 29.7 Å². The van der Waals surface area contributed by atoms with Gasteiger partial charge in [0.2, 0.25) is 0 Å². The Balaban J connectivity index is 2.30. The van der Waals surface area contributed by atoms with Crippen molar-refractivity contribution < 1.29 is 28.2 Å². The number of ether oxygens (including phenoxy) is 3. The Morgan fingerprint density at radius 1 is 1.12 bits per heavy atom. The van der Waals surface area contributed by atoms with Crippen molar-refractivity contribution in [1.82, 2.24) is 5.32 Å². The number of rotatable bonds is 8. The molecule has 8 heteroatoms. The Labute approximate surface area is 151 Å². The van der Waals surface area contributed by atoms with Crippen molar-refractivity contribution in [2.75, 3.05) is 21.3 Å². The van der Waals surface area contributed by atoms with Crippen LogP contribution in [0.5, 0.6) is 11.5 Å². The summed E-state index contributed by atoms with van der Waals surface area (Å²) in [5.74, 6) is 0.702. The molecule has 0 saturated heterocycles. The number of methoxy groups -OCH3 is 3. The van der Waals surface area contributed by atoms with Gasteiger partial charge in [0.1, 0.15) is 23.5 Å². The van der Waals surface area contributed by atoms with E-state index in [4.69, 9.17) is 24.4 Å². The van der Waals surface area contributed by atoms with E-state index in [9.17, 15) is 9.59 Å². The van der Waals surface area contributed by atoms with Gasteiger partial charge in [-0.25, -0.2) is 0 Å². The van der Waals surface area contributed by atoms with E-state index in [0.717, 1.165) is 0 Å². The first-order valence-electron chi connectivity index (χ1n) is 7.88. The molecule has 0 aliphatic rings. The van der Waals surface area contributed by atoms with Crippen LogP contribution in [0, 0.1) is 0 Å². The molecule has 2 rings (SSSR count). The van der Waals surface area contributed by atoms with Crippen LogP contribution in [0.4, 0.5) is 0 Å². The lowest BCUT2D eigenvalue weighted by Gasteiger charge is -2.19. The van der Waals surface area contributed by atoms with E-state index in [0.29, 0.717) is 28.4 Å². The maximum absolute atomic E-state index is 12.5. The topological polar surface area (TPSA) is 113 Å². The van der Waals surface area contributed by atoms with Crippen LogP contribution in [-0.4, -0.2) is 33.2 Å². The Bertz CT molecular complexity index is 749. The zero-order valence-corrected chi connectivity index (χ0v) is 14.9. The number of nitrogens with one attached hydrogen (secondary N) is 1. The summed E-state index contributed by atoms with van der Waals surface area (Å²) in [6, 6.07) is 6.05. The largest absolute Gasteiger partial charge is 0.497 e. The summed E-state index contributed by atoms with van der Waals surface area (Å²) < 4.78 is 20.4. The van der Waals surface area contributed by atoms with Crippen LogP contribution in [0.25, 0.3) is 0 Å². The number of esters is 1. The maximum atomic E-state index is 12.5. The lowest BCUT2D eigenvalue weighted by molar-refractivity contribution is -0.141. The van der Waals surface area contributed by atoms with Crippen molar-refractivity contribution in [3.63, 3.8) is 0 Å². The van der Waals surface area contributed by atoms with Crippen LogP contribution in [-0.2, 0) is 16.1 Å². The minimum Gasteiger partial charge on any atom is -0.497 e. The smallest absolute Gasteiger partial charge is 0.307 e. The van der Waals surface area contributed by atoms with Gasteiger partial charge in [0.15, 0.2) is 0 Å². The quantitative estimate of drug-likeness (QED) is 0.688. The standard InChI is InChI=1S/C18H22N2O6/c1-23-13-4-11(5-14(7-13)24-2)16(8-17(21)25-3)20-18(22)12-6-15(9-19)26-10-12/h4-7,10,16H,8-9,19H2,1-3H3,(H,20,22). The van der Waals surface area contributed by atoms with Gasteiger partial charge in [-0.15, -0.1) is 0 Å². The predicted octanol–water partition coefficient (Wildman–Crippen LogP) is 1.79. The average molecular weight is 362 g/mol. The summed E-state index contributed by atoms with van der Waals surface area (Å²) in [6.45, 7) is 0.186. The molecule has 2 aromatic rings. The molecule has 0 saturated carbocycles. The van der Waals surface area contributed by atoms with Gasteiger partial charge >= 0.3 is 5.97 Å². The Morgan fingerprint density at radius 2 is 1.77 bits per heavy atom. The average Bonchev–Trinajstić information content (AvgIpc) is 3.16. The van der Waals surface area contributed by atoms with E-state index in [1.165, 1.54) is 27.6 Å². The van der Waals surface area contributed by atoms with E-state index in [1.807, 2.05) is 0 Å². The molecule has 3 N–H and O–H groups in total. The Hall–Kier alpha value is -3.00. The Kier molecular flexibility index (Phi) is 6.62. The van der Waals surface area contributed by atoms with Gasteiger partial charge in [-0.05, 0) is 23.8 Å². The molecule has 26 heavy (non-hydrogen) atoms. The third-order valence-electron chi connectivity index (χ3n) is 3.80. The van der Waals surface area contributed by atoms with Crippen LogP contribution >= 0.6 is 0 Å². The summed E-state index contributed by atoms with van der Waals surface area (Å²) >= 11 is 0. The van der Waals surface area contributed by atoms with Crippen LogP contribution in [0.2, 0.25) is 0 Å². The molecule has 1 unspecified atom stereocenters. The van der Waals surface area contributed by atoms with Gasteiger partial charge in [-0.3, -0.25) is 9.59 Å². The molecule has 1 aromatic carbocycles. The second kappa shape index (κ2) is 8.91. The molecule has 140 valence electrons. The van der Waals surface area contributed by atoms with Crippen molar-refractivity contribution in [2.45, 2.75) is 19.0 Å². The summed E-state index contributed by atoms with van der Waals surface area (Å²) in [5, 5.41) is 2.80. The zero-order valence-electron chi connectivity index (χ0n) is 14.9. The second-order valence-corrected chi connectivity index (χ2v) is 5.46. The third-order valence-corrected chi connectivity index (χ3v) is 3.80. The first-order valence-corrected chi connectivity index (χ1v) is 7.88. The maximum Gasteiger partial charge on any atom is 0.307 e. The highest BCUT2D eigenvalue weighted by Gasteiger charge is 2.22. The molecule has 0 aliphatic carbocycles. The predicted molar refractivity (Wildman–Crippen MR) is 93.0 cm³/mol. The normalized spacial score (nSPS) is 11.5. The minimum absolute atomic E-state index is 0.0554. The van der Waals surface area contributed by atoms with Crippen LogP contribution in [0.1, 0.15) is 34.1 Å². The molecule has 1 heterocycles. The first kappa shape index (κ1) is 19.3. The fourth-order valence-electron chi connectivity index (χ4n) is 2.38. The minimum atomic E-state index is -0.643. The number of carbonyl (C=O) groups excluding carboxylic acids is 2. The summed E-state index contributed by atoms with van der Waals surface area (Å²) in [4.78, 5) is 24.3. The monoisotopic (exact) mass is 362 g/mol. The number of benzene rings is 1. The molecular formula is C18H22N2O6. The SMILES string of the molecule is COC(=O)CC(NC(=O)c1coc(CN)c1)c1cc(OC)cc(OC)c1. The molecule has 0 bridgehead atoms. The summed E-state index contributed by atoms with van der Waals surface area (Å²) in [6.07, 6.45) is 1.26. The fourth-order valence-corrected chi connectivity index (χ4v) is 2.38. The van der Waals surface area contributed by atoms with E-state index in [1.54, 1.807) is 24.3 Å². The Morgan fingerprint density at radius 3 is 2.27 bits per heavy atom. The van der Waals surface area contributed by atoms with Crippen molar-refractivity contribution in [3.05, 3.63) is 47.4 Å². The van der Waals surface area contributed by atoms with Crippen molar-refractivity contribution >= 4 is 11.9 Å². The van der Waals surface area contributed by atoms with E-state index >= 15 is 0 Å². The highest BCUT2D eigenvalue weighted by Crippen LogP contribution is 2.28. The number of carbonyl (C=O) groups is 2. The lowest BCUT2D eigenvalue weighted by Crippen LogP contribution is -2.30. The van der Waals surface area contributed by atoms with E-state index in [-0.39, 0.29) is 13.0 Å². The second-order valence-electron chi connectivity index (χ2n) is 5.46. The molecule has 8 nitrogen and oxygen atoms in total. The van der Waals surface area contributed by atoms with Gasteiger partial charge in [0.25, 0.3) is 5.91 Å². The van der Waals surface area contributed by atoms with Crippen molar-refractivity contribution in [1.29, 1.82) is 0 Å². The van der Waals surface area contributed by atoms with E-state index in [2.05, 4.69) is 5.32 Å².